The second kappa shape index (κ2) is 7.88. The summed E-state index contributed by atoms with van der Waals surface area (Å²) in [7, 11) is 3.13. The molecule has 0 fully saturated rings. The molecular formula is C21H23NO3. The molecule has 1 aliphatic rings. The number of ether oxygens (including phenoxy) is 2. The van der Waals surface area contributed by atoms with Crippen molar-refractivity contribution >= 4 is 11.5 Å². The minimum atomic E-state index is -0.0850. The van der Waals surface area contributed by atoms with Crippen LogP contribution in [0.15, 0.2) is 48.7 Å². The molecule has 0 atom stereocenters. The summed E-state index contributed by atoms with van der Waals surface area (Å²) in [6.07, 6.45) is 7.96. The van der Waals surface area contributed by atoms with Crippen LogP contribution < -0.4 is 14.8 Å². The smallest absolute Gasteiger partial charge is 0.187 e. The molecule has 3 rings (SSSR count). The number of nitrogens with one attached hydrogen (secondary N) is 1. The van der Waals surface area contributed by atoms with Crippen molar-refractivity contribution in [3.63, 3.8) is 0 Å². The van der Waals surface area contributed by atoms with Crippen molar-refractivity contribution in [1.82, 2.24) is 0 Å². The molecule has 0 bridgehead atoms. The molecule has 0 saturated heterocycles. The first-order valence-corrected chi connectivity index (χ1v) is 8.53. The molecule has 0 saturated carbocycles. The van der Waals surface area contributed by atoms with Crippen LogP contribution in [0.1, 0.15) is 34.3 Å². The third-order valence-electron chi connectivity index (χ3n) is 4.54. The highest BCUT2D eigenvalue weighted by molar-refractivity contribution is 6.05. The van der Waals surface area contributed by atoms with Gasteiger partial charge in [0, 0.05) is 23.5 Å². The van der Waals surface area contributed by atoms with Crippen molar-refractivity contribution in [3.05, 3.63) is 65.4 Å². The van der Waals surface area contributed by atoms with Crippen molar-refractivity contribution in [2.75, 3.05) is 19.5 Å². The second-order valence-electron chi connectivity index (χ2n) is 6.06. The Labute approximate surface area is 148 Å². The van der Waals surface area contributed by atoms with E-state index in [0.29, 0.717) is 17.1 Å². The lowest BCUT2D eigenvalue weighted by Crippen LogP contribution is -2.06. The van der Waals surface area contributed by atoms with Gasteiger partial charge in [0.05, 0.1) is 14.2 Å². The minimum Gasteiger partial charge on any atom is -0.493 e. The van der Waals surface area contributed by atoms with Gasteiger partial charge in [0.1, 0.15) is 0 Å². The Morgan fingerprint density at radius 2 is 1.84 bits per heavy atom. The van der Waals surface area contributed by atoms with E-state index in [1.807, 2.05) is 0 Å². The standard InChI is InChI=1S/C21H23NO3/c1-24-20-11-10-16(14-21(20)25-2)19(23)12-13-22-18-9-5-7-15-6-3-4-8-17(15)18/h5,7,9-14,22H,3-4,6,8H2,1-2H3/b13-12+. The number of fused-ring (bicyclic) bond motifs is 1. The summed E-state index contributed by atoms with van der Waals surface area (Å²) in [6.45, 7) is 0. The first kappa shape index (κ1) is 17.1. The Morgan fingerprint density at radius 1 is 1.04 bits per heavy atom. The summed E-state index contributed by atoms with van der Waals surface area (Å²) in [5, 5.41) is 3.27. The lowest BCUT2D eigenvalue weighted by atomic mass is 9.90. The maximum atomic E-state index is 12.4. The van der Waals surface area contributed by atoms with Crippen LogP contribution in [-0.2, 0) is 12.8 Å². The summed E-state index contributed by atoms with van der Waals surface area (Å²) in [5.41, 5.74) is 4.44. The maximum absolute atomic E-state index is 12.4. The lowest BCUT2D eigenvalue weighted by Gasteiger charge is -2.18. The van der Waals surface area contributed by atoms with Gasteiger partial charge in [-0.1, -0.05) is 12.1 Å². The number of anilines is 1. The molecule has 4 nitrogen and oxygen atoms in total. The topological polar surface area (TPSA) is 47.6 Å². The number of rotatable bonds is 6. The zero-order valence-corrected chi connectivity index (χ0v) is 14.7. The number of ketones is 1. The van der Waals surface area contributed by atoms with Gasteiger partial charge in [-0.25, -0.2) is 0 Å². The highest BCUT2D eigenvalue weighted by atomic mass is 16.5. The molecule has 0 radical (unpaired) electrons. The fraction of sp³-hybridized carbons (Fsp3) is 0.286. The Bertz CT molecular complexity index is 796. The van der Waals surface area contributed by atoms with Gasteiger partial charge in [-0.05, 0) is 61.1 Å². The number of benzene rings is 2. The highest BCUT2D eigenvalue weighted by Gasteiger charge is 2.12. The van der Waals surface area contributed by atoms with Crippen molar-refractivity contribution in [3.8, 4) is 11.5 Å². The highest BCUT2D eigenvalue weighted by Crippen LogP contribution is 2.29. The van der Waals surface area contributed by atoms with Crippen molar-refractivity contribution in [2.45, 2.75) is 25.7 Å². The quantitative estimate of drug-likeness (QED) is 0.627. The lowest BCUT2D eigenvalue weighted by molar-refractivity contribution is 0.104. The van der Waals surface area contributed by atoms with Crippen molar-refractivity contribution in [2.24, 2.45) is 0 Å². The molecule has 0 spiro atoms. The van der Waals surface area contributed by atoms with Crippen LogP contribution >= 0.6 is 0 Å². The largest absolute Gasteiger partial charge is 0.493 e. The summed E-state index contributed by atoms with van der Waals surface area (Å²) < 4.78 is 10.4. The molecule has 0 aliphatic heterocycles. The van der Waals surface area contributed by atoms with Gasteiger partial charge in [0.25, 0.3) is 0 Å². The number of carbonyl (C=O) groups is 1. The third-order valence-corrected chi connectivity index (χ3v) is 4.54. The molecule has 0 aromatic heterocycles. The summed E-state index contributed by atoms with van der Waals surface area (Å²) in [4.78, 5) is 12.4. The zero-order chi connectivity index (χ0) is 17.6. The molecule has 2 aromatic rings. The Hall–Kier alpha value is -2.75. The van der Waals surface area contributed by atoms with E-state index < -0.39 is 0 Å². The molecule has 1 N–H and O–H groups in total. The van der Waals surface area contributed by atoms with Crippen LogP contribution in [0, 0.1) is 0 Å². The van der Waals surface area contributed by atoms with Gasteiger partial charge in [-0.15, -0.1) is 0 Å². The third kappa shape index (κ3) is 3.85. The second-order valence-corrected chi connectivity index (χ2v) is 6.06. The molecule has 0 amide bonds. The number of aryl methyl sites for hydroxylation is 1. The number of methoxy groups -OCH3 is 2. The minimum absolute atomic E-state index is 0.0850. The van der Waals surface area contributed by atoms with Gasteiger partial charge in [0.2, 0.25) is 0 Å². The predicted octanol–water partition coefficient (Wildman–Crippen LogP) is 4.39. The average Bonchev–Trinajstić information content (AvgIpc) is 2.67. The van der Waals surface area contributed by atoms with Gasteiger partial charge >= 0.3 is 0 Å². The van der Waals surface area contributed by atoms with Crippen LogP contribution in [0.25, 0.3) is 0 Å². The van der Waals surface area contributed by atoms with E-state index in [2.05, 4.69) is 23.5 Å². The molecule has 130 valence electrons. The molecule has 1 aliphatic carbocycles. The SMILES string of the molecule is COc1ccc(C(=O)/C=C/Nc2cccc3c2CCCC3)cc1OC. The van der Waals surface area contributed by atoms with Gasteiger partial charge in [0.15, 0.2) is 17.3 Å². The predicted molar refractivity (Wildman–Crippen MR) is 99.7 cm³/mol. The van der Waals surface area contributed by atoms with E-state index in [9.17, 15) is 4.79 Å². The van der Waals surface area contributed by atoms with E-state index in [1.54, 1.807) is 44.7 Å². The molecule has 0 unspecified atom stereocenters. The number of hydrogen-bond acceptors (Lipinski definition) is 4. The van der Waals surface area contributed by atoms with E-state index >= 15 is 0 Å². The number of carbonyl (C=O) groups excluding carboxylic acids is 1. The van der Waals surface area contributed by atoms with Crippen LogP contribution in [0.3, 0.4) is 0 Å². The van der Waals surface area contributed by atoms with E-state index in [1.165, 1.54) is 24.0 Å². The molecule has 2 aromatic carbocycles. The zero-order valence-electron chi connectivity index (χ0n) is 14.7. The molecule has 25 heavy (non-hydrogen) atoms. The molecular weight excluding hydrogens is 314 g/mol. The van der Waals surface area contributed by atoms with E-state index in [4.69, 9.17) is 9.47 Å². The average molecular weight is 337 g/mol. The molecule has 4 heteroatoms. The van der Waals surface area contributed by atoms with Gasteiger partial charge in [-0.2, -0.15) is 0 Å². The Morgan fingerprint density at radius 3 is 2.64 bits per heavy atom. The van der Waals surface area contributed by atoms with Gasteiger partial charge in [-0.3, -0.25) is 4.79 Å². The van der Waals surface area contributed by atoms with E-state index in [0.717, 1.165) is 18.5 Å². The first-order valence-electron chi connectivity index (χ1n) is 8.53. The van der Waals surface area contributed by atoms with Crippen LogP contribution in [0.4, 0.5) is 5.69 Å². The van der Waals surface area contributed by atoms with Crippen LogP contribution in [0.2, 0.25) is 0 Å². The van der Waals surface area contributed by atoms with E-state index in [-0.39, 0.29) is 5.78 Å². The summed E-state index contributed by atoms with van der Waals surface area (Å²) in [6, 6.07) is 11.5. The monoisotopic (exact) mass is 337 g/mol. The van der Waals surface area contributed by atoms with Crippen LogP contribution in [-0.4, -0.2) is 20.0 Å². The van der Waals surface area contributed by atoms with Crippen molar-refractivity contribution in [1.29, 1.82) is 0 Å². The Kier molecular flexibility index (Phi) is 5.39. The van der Waals surface area contributed by atoms with Crippen LogP contribution in [0.5, 0.6) is 11.5 Å². The number of allylic oxidation sites excluding steroid dienone is 1. The summed E-state index contributed by atoms with van der Waals surface area (Å²) >= 11 is 0. The molecule has 0 heterocycles. The fourth-order valence-electron chi connectivity index (χ4n) is 3.21. The van der Waals surface area contributed by atoms with Crippen molar-refractivity contribution < 1.29 is 14.3 Å². The maximum Gasteiger partial charge on any atom is 0.187 e. The normalized spacial score (nSPS) is 13.4. The Balaban J connectivity index is 1.71. The van der Waals surface area contributed by atoms with Gasteiger partial charge < -0.3 is 14.8 Å². The fourth-order valence-corrected chi connectivity index (χ4v) is 3.21. The first-order chi connectivity index (χ1) is 12.2. The number of hydrogen-bond donors (Lipinski definition) is 1. The summed E-state index contributed by atoms with van der Waals surface area (Å²) in [5.74, 6) is 1.07.